The molecule has 1 aromatic rings. The number of piperidine rings is 1. The third kappa shape index (κ3) is 4.03. The summed E-state index contributed by atoms with van der Waals surface area (Å²) in [6.45, 7) is 1.91. The average Bonchev–Trinajstić information content (AvgIpc) is 2.41. The van der Waals surface area contributed by atoms with E-state index in [4.69, 9.17) is 5.26 Å². The van der Waals surface area contributed by atoms with Gasteiger partial charge in [0.05, 0.1) is 17.5 Å². The summed E-state index contributed by atoms with van der Waals surface area (Å²) in [5.74, 6) is 0. The van der Waals surface area contributed by atoms with E-state index in [1.54, 1.807) is 24.3 Å². The van der Waals surface area contributed by atoms with Crippen LogP contribution >= 0.6 is 15.9 Å². The molecule has 0 saturated carbocycles. The maximum Gasteiger partial charge on any atom is 0.240 e. The molecule has 7 heteroatoms. The van der Waals surface area contributed by atoms with Gasteiger partial charge in [-0.15, -0.1) is 0 Å². The molecule has 1 aliphatic rings. The van der Waals surface area contributed by atoms with E-state index in [9.17, 15) is 8.42 Å². The van der Waals surface area contributed by atoms with Crippen LogP contribution in [0.3, 0.4) is 0 Å². The first kappa shape index (κ1) is 15.4. The summed E-state index contributed by atoms with van der Waals surface area (Å²) in [7, 11) is -3.48. The molecule has 0 aliphatic carbocycles. The predicted molar refractivity (Wildman–Crippen MR) is 79.5 cm³/mol. The molecule has 0 bridgehead atoms. The minimum atomic E-state index is -3.48. The van der Waals surface area contributed by atoms with Gasteiger partial charge in [-0.2, -0.15) is 5.26 Å². The Morgan fingerprint density at radius 3 is 2.70 bits per heavy atom. The molecule has 1 aliphatic heterocycles. The van der Waals surface area contributed by atoms with Crippen LogP contribution in [-0.4, -0.2) is 39.0 Å². The molecule has 5 nitrogen and oxygen atoms in total. The van der Waals surface area contributed by atoms with Crippen molar-refractivity contribution in [2.75, 3.05) is 19.6 Å². The van der Waals surface area contributed by atoms with Gasteiger partial charge in [0, 0.05) is 23.6 Å². The molecule has 2 rings (SSSR count). The molecule has 1 aromatic carbocycles. The Morgan fingerprint density at radius 1 is 1.40 bits per heavy atom. The Labute approximate surface area is 127 Å². The molecular formula is C13H16BrN3O2S. The number of hydrogen-bond acceptors (Lipinski definition) is 4. The number of halogens is 1. The maximum absolute atomic E-state index is 12.3. The van der Waals surface area contributed by atoms with Crippen LogP contribution in [0.5, 0.6) is 0 Å². The molecule has 0 spiro atoms. The smallest absolute Gasteiger partial charge is 0.240 e. The van der Waals surface area contributed by atoms with Crippen LogP contribution < -0.4 is 4.72 Å². The zero-order valence-electron chi connectivity index (χ0n) is 10.9. The van der Waals surface area contributed by atoms with Crippen molar-refractivity contribution in [2.24, 2.45) is 0 Å². The molecule has 0 radical (unpaired) electrons. The first-order valence-electron chi connectivity index (χ1n) is 6.38. The lowest BCUT2D eigenvalue weighted by molar-refractivity contribution is 0.229. The molecule has 1 N–H and O–H groups in total. The first-order valence-corrected chi connectivity index (χ1v) is 8.66. The van der Waals surface area contributed by atoms with Crippen LogP contribution in [0, 0.1) is 11.3 Å². The summed E-state index contributed by atoms with van der Waals surface area (Å²) in [6, 6.07) is 8.72. The fourth-order valence-corrected chi connectivity index (χ4v) is 4.13. The van der Waals surface area contributed by atoms with Crippen molar-refractivity contribution in [3.05, 3.63) is 28.7 Å². The van der Waals surface area contributed by atoms with Gasteiger partial charge in [-0.3, -0.25) is 4.90 Å². The van der Waals surface area contributed by atoms with Gasteiger partial charge >= 0.3 is 0 Å². The predicted octanol–water partition coefficient (Wildman–Crippen LogP) is 1.72. The summed E-state index contributed by atoms with van der Waals surface area (Å²) in [5, 5.41) is 8.64. The Kier molecular flexibility index (Phi) is 5.16. The second-order valence-corrected chi connectivity index (χ2v) is 7.42. The normalized spacial score (nSPS) is 17.8. The fourth-order valence-electron chi connectivity index (χ4n) is 2.23. The van der Waals surface area contributed by atoms with Gasteiger partial charge in [0.25, 0.3) is 0 Å². The molecule has 20 heavy (non-hydrogen) atoms. The quantitative estimate of drug-likeness (QED) is 0.832. The molecule has 1 saturated heterocycles. The number of sulfonamides is 1. The largest absolute Gasteiger partial charge is 0.290 e. The number of rotatable bonds is 4. The summed E-state index contributed by atoms with van der Waals surface area (Å²) >= 11 is 3.28. The Morgan fingerprint density at radius 2 is 2.10 bits per heavy atom. The molecular weight excluding hydrogens is 342 g/mol. The standard InChI is InChI=1S/C13H16BrN3O2S/c14-11-2-1-3-13(10-11)20(18,19)16-12-4-7-17(8-5-12)9-6-15/h1-3,10,12,16H,4-5,7-9H2. The average molecular weight is 358 g/mol. The molecule has 0 atom stereocenters. The van der Waals surface area contributed by atoms with E-state index in [0.717, 1.165) is 30.4 Å². The SMILES string of the molecule is N#CCN1CCC(NS(=O)(=O)c2cccc(Br)c2)CC1. The Bertz CT molecular complexity index is 604. The molecule has 0 unspecified atom stereocenters. The van der Waals surface area contributed by atoms with E-state index in [1.165, 1.54) is 0 Å². The first-order chi connectivity index (χ1) is 9.51. The van der Waals surface area contributed by atoms with Gasteiger partial charge < -0.3 is 0 Å². The molecule has 0 amide bonds. The van der Waals surface area contributed by atoms with Gasteiger partial charge in [-0.1, -0.05) is 22.0 Å². The monoisotopic (exact) mass is 357 g/mol. The highest BCUT2D eigenvalue weighted by atomic mass is 79.9. The summed E-state index contributed by atoms with van der Waals surface area (Å²) in [4.78, 5) is 2.30. The van der Waals surface area contributed by atoms with Gasteiger partial charge in [0.2, 0.25) is 10.0 Å². The fraction of sp³-hybridized carbons (Fsp3) is 0.462. The second-order valence-electron chi connectivity index (χ2n) is 4.79. The maximum atomic E-state index is 12.3. The minimum absolute atomic E-state index is 0.0612. The zero-order valence-corrected chi connectivity index (χ0v) is 13.3. The number of nitrogens with one attached hydrogen (secondary N) is 1. The number of nitrogens with zero attached hydrogens (tertiary/aromatic N) is 2. The summed E-state index contributed by atoms with van der Waals surface area (Å²) in [6.07, 6.45) is 1.46. The minimum Gasteiger partial charge on any atom is -0.290 e. The van der Waals surface area contributed by atoms with Crippen LogP contribution in [-0.2, 0) is 10.0 Å². The van der Waals surface area contributed by atoms with Crippen molar-refractivity contribution >= 4 is 26.0 Å². The number of likely N-dealkylation sites (tertiary alicyclic amines) is 1. The van der Waals surface area contributed by atoms with Crippen molar-refractivity contribution in [1.29, 1.82) is 5.26 Å². The number of nitriles is 1. The third-order valence-corrected chi connectivity index (χ3v) is 5.32. The summed E-state index contributed by atoms with van der Waals surface area (Å²) < 4.78 is 28.0. The number of hydrogen-bond donors (Lipinski definition) is 1. The van der Waals surface area contributed by atoms with E-state index in [1.807, 2.05) is 4.90 Å². The van der Waals surface area contributed by atoms with E-state index in [2.05, 4.69) is 26.7 Å². The Hall–Kier alpha value is -0.940. The highest BCUT2D eigenvalue weighted by Gasteiger charge is 2.24. The number of benzene rings is 1. The van der Waals surface area contributed by atoms with Crippen molar-refractivity contribution in [2.45, 2.75) is 23.8 Å². The van der Waals surface area contributed by atoms with Gasteiger partial charge in [0.15, 0.2) is 0 Å². The van der Waals surface area contributed by atoms with Crippen LogP contribution in [0.25, 0.3) is 0 Å². The molecule has 0 aromatic heterocycles. The van der Waals surface area contributed by atoms with Crippen molar-refractivity contribution in [1.82, 2.24) is 9.62 Å². The van der Waals surface area contributed by atoms with Crippen LogP contribution in [0.4, 0.5) is 0 Å². The Balaban J connectivity index is 1.98. The second kappa shape index (κ2) is 6.68. The van der Waals surface area contributed by atoms with Crippen LogP contribution in [0.15, 0.2) is 33.6 Å². The van der Waals surface area contributed by atoms with E-state index in [-0.39, 0.29) is 10.9 Å². The zero-order chi connectivity index (χ0) is 14.6. The van der Waals surface area contributed by atoms with Gasteiger partial charge in [-0.25, -0.2) is 13.1 Å². The highest BCUT2D eigenvalue weighted by Crippen LogP contribution is 2.18. The van der Waals surface area contributed by atoms with E-state index in [0.29, 0.717) is 6.54 Å². The lowest BCUT2D eigenvalue weighted by Gasteiger charge is -2.30. The van der Waals surface area contributed by atoms with Crippen LogP contribution in [0.2, 0.25) is 0 Å². The lowest BCUT2D eigenvalue weighted by Crippen LogP contribution is -2.44. The topological polar surface area (TPSA) is 73.2 Å². The van der Waals surface area contributed by atoms with Gasteiger partial charge in [-0.05, 0) is 31.0 Å². The van der Waals surface area contributed by atoms with E-state index < -0.39 is 10.0 Å². The molecule has 108 valence electrons. The van der Waals surface area contributed by atoms with Gasteiger partial charge in [0.1, 0.15) is 0 Å². The van der Waals surface area contributed by atoms with Crippen LogP contribution in [0.1, 0.15) is 12.8 Å². The highest BCUT2D eigenvalue weighted by molar-refractivity contribution is 9.10. The van der Waals surface area contributed by atoms with E-state index >= 15 is 0 Å². The third-order valence-electron chi connectivity index (χ3n) is 3.31. The van der Waals surface area contributed by atoms with Crippen molar-refractivity contribution < 1.29 is 8.42 Å². The van der Waals surface area contributed by atoms with Crippen molar-refractivity contribution in [3.8, 4) is 6.07 Å². The molecule has 1 fully saturated rings. The van der Waals surface area contributed by atoms with Crippen molar-refractivity contribution in [3.63, 3.8) is 0 Å². The molecule has 1 heterocycles. The summed E-state index contributed by atoms with van der Waals surface area (Å²) in [5.41, 5.74) is 0. The lowest BCUT2D eigenvalue weighted by atomic mass is 10.1.